The zero-order valence-electron chi connectivity index (χ0n) is 6.67. The summed E-state index contributed by atoms with van der Waals surface area (Å²) in [6.45, 7) is 4.47. The van der Waals surface area contributed by atoms with Crippen LogP contribution in [0.25, 0.3) is 0 Å². The maximum Gasteiger partial charge on any atom is -0.0130 e. The normalized spacial score (nSPS) is 17.3. The van der Waals surface area contributed by atoms with Crippen LogP contribution in [0.4, 0.5) is 0 Å². The van der Waals surface area contributed by atoms with Gasteiger partial charge in [0, 0.05) is 0 Å². The summed E-state index contributed by atoms with van der Waals surface area (Å²) in [4.78, 5) is 0. The molecule has 0 unspecified atom stereocenters. The molecule has 0 amide bonds. The average Bonchev–Trinajstić information content (AvgIpc) is 2.12. The lowest BCUT2D eigenvalue weighted by Gasteiger charge is -2.05. The standard InChI is InChI=1S/C10H14/c1-9(2)10-7-5-3-4-6-8-10/h3-7,9H,8H2,1-2H3. The first kappa shape index (κ1) is 7.33. The van der Waals surface area contributed by atoms with Crippen molar-refractivity contribution in [2.45, 2.75) is 20.3 Å². The Kier molecular flexibility index (Phi) is 2.49. The van der Waals surface area contributed by atoms with E-state index < -0.39 is 0 Å². The van der Waals surface area contributed by atoms with Crippen LogP contribution >= 0.6 is 0 Å². The summed E-state index contributed by atoms with van der Waals surface area (Å²) in [5, 5.41) is 0. The zero-order chi connectivity index (χ0) is 7.40. The molecule has 10 heavy (non-hydrogen) atoms. The molecule has 0 aromatic heterocycles. The van der Waals surface area contributed by atoms with Crippen LogP contribution in [0.5, 0.6) is 0 Å². The van der Waals surface area contributed by atoms with Gasteiger partial charge in [-0.05, 0) is 12.3 Å². The molecule has 1 aliphatic rings. The van der Waals surface area contributed by atoms with E-state index >= 15 is 0 Å². The molecule has 0 heterocycles. The minimum Gasteiger partial charge on any atom is -0.0805 e. The van der Waals surface area contributed by atoms with E-state index in [-0.39, 0.29) is 0 Å². The highest BCUT2D eigenvalue weighted by molar-refractivity contribution is 5.24. The van der Waals surface area contributed by atoms with Gasteiger partial charge in [0.25, 0.3) is 0 Å². The van der Waals surface area contributed by atoms with Gasteiger partial charge in [-0.3, -0.25) is 0 Å². The van der Waals surface area contributed by atoms with Crippen LogP contribution in [0.3, 0.4) is 0 Å². The van der Waals surface area contributed by atoms with Crippen molar-refractivity contribution in [3.8, 4) is 0 Å². The van der Waals surface area contributed by atoms with Crippen molar-refractivity contribution in [3.63, 3.8) is 0 Å². The van der Waals surface area contributed by atoms with Crippen molar-refractivity contribution in [2.75, 3.05) is 0 Å². The van der Waals surface area contributed by atoms with Crippen molar-refractivity contribution in [1.82, 2.24) is 0 Å². The third-order valence-electron chi connectivity index (χ3n) is 1.76. The highest BCUT2D eigenvalue weighted by atomic mass is 14.0. The monoisotopic (exact) mass is 134 g/mol. The van der Waals surface area contributed by atoms with Gasteiger partial charge in [0.05, 0.1) is 0 Å². The van der Waals surface area contributed by atoms with Crippen molar-refractivity contribution in [3.05, 3.63) is 36.0 Å². The minimum atomic E-state index is 0.687. The summed E-state index contributed by atoms with van der Waals surface area (Å²) in [6, 6.07) is 0. The molecule has 0 spiro atoms. The molecule has 54 valence electrons. The van der Waals surface area contributed by atoms with Crippen LogP contribution in [0.2, 0.25) is 0 Å². The molecule has 1 rings (SSSR count). The van der Waals surface area contributed by atoms with E-state index in [0.29, 0.717) is 5.92 Å². The van der Waals surface area contributed by atoms with Crippen molar-refractivity contribution in [2.24, 2.45) is 5.92 Å². The molecule has 0 atom stereocenters. The number of rotatable bonds is 1. The highest BCUT2D eigenvalue weighted by Crippen LogP contribution is 2.15. The Labute approximate surface area is 62.9 Å². The predicted molar refractivity (Wildman–Crippen MR) is 45.8 cm³/mol. The van der Waals surface area contributed by atoms with E-state index in [1.807, 2.05) is 0 Å². The quantitative estimate of drug-likeness (QED) is 0.517. The van der Waals surface area contributed by atoms with E-state index in [1.54, 1.807) is 0 Å². The lowest BCUT2D eigenvalue weighted by Crippen LogP contribution is -1.90. The minimum absolute atomic E-state index is 0.687. The van der Waals surface area contributed by atoms with Gasteiger partial charge >= 0.3 is 0 Å². The van der Waals surface area contributed by atoms with Gasteiger partial charge in [0.1, 0.15) is 0 Å². The SMILES string of the molecule is CC(C)C1=CC=CC=CC1. The smallest absolute Gasteiger partial charge is 0.0130 e. The Balaban J connectivity index is 2.68. The van der Waals surface area contributed by atoms with Gasteiger partial charge in [-0.15, -0.1) is 0 Å². The second-order valence-electron chi connectivity index (χ2n) is 2.91. The maximum absolute atomic E-state index is 2.23. The molecule has 0 heteroatoms. The first-order chi connectivity index (χ1) is 4.80. The summed E-state index contributed by atoms with van der Waals surface area (Å²) in [6.07, 6.45) is 11.8. The van der Waals surface area contributed by atoms with E-state index in [2.05, 4.69) is 44.2 Å². The molecular weight excluding hydrogens is 120 g/mol. The maximum atomic E-state index is 2.23. The summed E-state index contributed by atoms with van der Waals surface area (Å²) in [5.41, 5.74) is 1.52. The van der Waals surface area contributed by atoms with Gasteiger partial charge in [0.2, 0.25) is 0 Å². The molecule has 0 N–H and O–H groups in total. The van der Waals surface area contributed by atoms with E-state index in [0.717, 1.165) is 6.42 Å². The van der Waals surface area contributed by atoms with Crippen LogP contribution in [-0.2, 0) is 0 Å². The molecule has 0 fully saturated rings. The molecule has 0 aliphatic heterocycles. The number of hydrogen-bond donors (Lipinski definition) is 0. The summed E-state index contributed by atoms with van der Waals surface area (Å²) in [5.74, 6) is 0.687. The Morgan fingerprint density at radius 1 is 1.20 bits per heavy atom. The van der Waals surface area contributed by atoms with Gasteiger partial charge in [-0.25, -0.2) is 0 Å². The van der Waals surface area contributed by atoms with Gasteiger partial charge in [-0.1, -0.05) is 49.8 Å². The van der Waals surface area contributed by atoms with Crippen molar-refractivity contribution < 1.29 is 0 Å². The molecule has 0 aromatic carbocycles. The molecule has 1 aliphatic carbocycles. The first-order valence-electron chi connectivity index (χ1n) is 3.83. The van der Waals surface area contributed by atoms with E-state index in [4.69, 9.17) is 0 Å². The summed E-state index contributed by atoms with van der Waals surface area (Å²) < 4.78 is 0. The molecule has 0 saturated heterocycles. The average molecular weight is 134 g/mol. The highest BCUT2D eigenvalue weighted by Gasteiger charge is 1.99. The Morgan fingerprint density at radius 2 is 2.00 bits per heavy atom. The molecular formula is C10H14. The fraction of sp³-hybridized carbons (Fsp3) is 0.400. The van der Waals surface area contributed by atoms with Crippen molar-refractivity contribution >= 4 is 0 Å². The van der Waals surface area contributed by atoms with Crippen LogP contribution in [0.1, 0.15) is 20.3 Å². The van der Waals surface area contributed by atoms with Gasteiger partial charge in [0.15, 0.2) is 0 Å². The molecule has 0 radical (unpaired) electrons. The topological polar surface area (TPSA) is 0 Å². The molecule has 0 aromatic rings. The largest absolute Gasteiger partial charge is 0.0805 e. The fourth-order valence-corrected chi connectivity index (χ4v) is 1.02. The number of hydrogen-bond acceptors (Lipinski definition) is 0. The van der Waals surface area contributed by atoms with Crippen LogP contribution in [-0.4, -0.2) is 0 Å². The Morgan fingerprint density at radius 3 is 2.70 bits per heavy atom. The Bertz CT molecular complexity index is 180. The molecule has 0 nitrogen and oxygen atoms in total. The van der Waals surface area contributed by atoms with Crippen LogP contribution in [0, 0.1) is 5.92 Å². The number of allylic oxidation sites excluding steroid dienone is 6. The third kappa shape index (κ3) is 1.87. The molecule has 0 bridgehead atoms. The fourth-order valence-electron chi connectivity index (χ4n) is 1.02. The first-order valence-corrected chi connectivity index (χ1v) is 3.83. The van der Waals surface area contributed by atoms with Gasteiger partial charge in [-0.2, -0.15) is 0 Å². The van der Waals surface area contributed by atoms with E-state index in [9.17, 15) is 0 Å². The second kappa shape index (κ2) is 3.40. The van der Waals surface area contributed by atoms with Crippen LogP contribution < -0.4 is 0 Å². The molecule has 0 saturated carbocycles. The second-order valence-corrected chi connectivity index (χ2v) is 2.91. The van der Waals surface area contributed by atoms with E-state index in [1.165, 1.54) is 5.57 Å². The van der Waals surface area contributed by atoms with Crippen LogP contribution in [0.15, 0.2) is 36.0 Å². The summed E-state index contributed by atoms with van der Waals surface area (Å²) in [7, 11) is 0. The Hall–Kier alpha value is -0.780. The third-order valence-corrected chi connectivity index (χ3v) is 1.76. The zero-order valence-corrected chi connectivity index (χ0v) is 6.67. The van der Waals surface area contributed by atoms with Crippen molar-refractivity contribution in [1.29, 1.82) is 0 Å². The lowest BCUT2D eigenvalue weighted by atomic mass is 10.0. The van der Waals surface area contributed by atoms with Gasteiger partial charge < -0.3 is 0 Å². The lowest BCUT2D eigenvalue weighted by molar-refractivity contribution is 0.748. The summed E-state index contributed by atoms with van der Waals surface area (Å²) >= 11 is 0. The predicted octanol–water partition coefficient (Wildman–Crippen LogP) is 3.08.